The molecule has 0 aromatic heterocycles. The van der Waals surface area contributed by atoms with Crippen molar-refractivity contribution in [2.75, 3.05) is 57.9 Å². The van der Waals surface area contributed by atoms with E-state index in [1.807, 2.05) is 88.4 Å². The van der Waals surface area contributed by atoms with Gasteiger partial charge in [0.25, 0.3) is 11.8 Å². The number of hydrogen-bond donors (Lipinski definition) is 0. The molecule has 2 heterocycles. The van der Waals surface area contributed by atoms with Crippen LogP contribution in [-0.4, -0.2) is 103 Å². The zero-order valence-electron chi connectivity index (χ0n) is 36.7. The average Bonchev–Trinajstić information content (AvgIpc) is 3.23. The predicted octanol–water partition coefficient (Wildman–Crippen LogP) is 8.70. The molecule has 2 atom stereocenters. The lowest BCUT2D eigenvalue weighted by Gasteiger charge is -2.44. The number of hydrogen-bond acceptors (Lipinski definition) is 8. The van der Waals surface area contributed by atoms with Crippen LogP contribution in [0.2, 0.25) is 0 Å². The Morgan fingerprint density at radius 1 is 0.918 bits per heavy atom. The normalized spacial score (nSPS) is 17.4. The first-order chi connectivity index (χ1) is 29.2. The molecule has 0 N–H and O–H groups in total. The Bertz CT molecular complexity index is 2070. The maximum atomic E-state index is 16.5. The molecule has 0 spiro atoms. The Hall–Kier alpha value is -5.46. The Kier molecular flexibility index (Phi) is 14.7. The van der Waals surface area contributed by atoms with Crippen molar-refractivity contribution in [3.05, 3.63) is 125 Å². The lowest BCUT2D eigenvalue weighted by molar-refractivity contribution is -0.132. The number of carbonyl (C=O) groups is 3. The maximum Gasteiger partial charge on any atom is 0.410 e. The number of fused-ring (bicyclic) bond motifs is 1. The molecule has 1 saturated heterocycles. The number of anilines is 1. The van der Waals surface area contributed by atoms with Gasteiger partial charge in [-0.2, -0.15) is 0 Å². The number of nitrogens with zero attached hydrogens (tertiary/aromatic N) is 4. The Balaban J connectivity index is 1.32. The first-order valence-corrected chi connectivity index (χ1v) is 21.3. The van der Waals surface area contributed by atoms with Gasteiger partial charge in [-0.25, -0.2) is 9.18 Å². The van der Waals surface area contributed by atoms with Gasteiger partial charge in [-0.3, -0.25) is 14.5 Å². The molecule has 3 amide bonds. The summed E-state index contributed by atoms with van der Waals surface area (Å²) in [6.45, 7) is 14.6. The van der Waals surface area contributed by atoms with Gasteiger partial charge >= 0.3 is 6.09 Å². The van der Waals surface area contributed by atoms with E-state index in [1.54, 1.807) is 35.7 Å². The standard InChI is InChI=1S/C49H61FN4O7/c1-8-53(43-34-52(47(57)61-48(2,3)4)24-23-39(43)37-21-15-22-38(29-37)59-28-16-27-58-7)45(55)40-30-42-44(31-41(40)50)60-49(5,6)46(56)54(42)26-25-51(32-35-17-11-9-12-18-35)33-36-19-13-10-14-20-36/h9-15,17-22,29-31,39,43H,8,16,23-28,32-34H2,1-7H3/t39-,43+/m1/s1. The highest BCUT2D eigenvalue weighted by atomic mass is 19.1. The van der Waals surface area contributed by atoms with E-state index >= 15 is 4.39 Å². The minimum absolute atomic E-state index is 0.172. The molecule has 0 saturated carbocycles. The molecule has 61 heavy (non-hydrogen) atoms. The minimum Gasteiger partial charge on any atom is -0.493 e. The summed E-state index contributed by atoms with van der Waals surface area (Å²) in [6.07, 6.45) is 0.783. The molecule has 4 aromatic rings. The maximum absolute atomic E-state index is 16.5. The highest BCUT2D eigenvalue weighted by Gasteiger charge is 2.43. The van der Waals surface area contributed by atoms with Gasteiger partial charge in [-0.05, 0) is 82.9 Å². The molecule has 2 aliphatic heterocycles. The second kappa shape index (κ2) is 19.9. The van der Waals surface area contributed by atoms with Crippen LogP contribution < -0.4 is 14.4 Å². The summed E-state index contributed by atoms with van der Waals surface area (Å²) >= 11 is 0. The Labute approximate surface area is 360 Å². The summed E-state index contributed by atoms with van der Waals surface area (Å²) in [4.78, 5) is 49.7. The van der Waals surface area contributed by atoms with Crippen LogP contribution in [0.5, 0.6) is 11.5 Å². The highest BCUT2D eigenvalue weighted by Crippen LogP contribution is 2.41. The van der Waals surface area contributed by atoms with Crippen LogP contribution >= 0.6 is 0 Å². The van der Waals surface area contributed by atoms with Gasteiger partial charge in [0.05, 0.1) is 23.9 Å². The third-order valence-corrected chi connectivity index (χ3v) is 11.1. The summed E-state index contributed by atoms with van der Waals surface area (Å²) < 4.78 is 39.6. The number of carbonyl (C=O) groups excluding carboxylic acids is 3. The van der Waals surface area contributed by atoms with Crippen molar-refractivity contribution < 1.29 is 37.7 Å². The molecular formula is C49H61FN4O7. The number of likely N-dealkylation sites (tertiary alicyclic amines) is 1. The van der Waals surface area contributed by atoms with E-state index in [9.17, 15) is 14.4 Å². The third-order valence-electron chi connectivity index (χ3n) is 11.1. The molecule has 0 radical (unpaired) electrons. The van der Waals surface area contributed by atoms with E-state index in [1.165, 1.54) is 12.1 Å². The van der Waals surface area contributed by atoms with Crippen molar-refractivity contribution in [1.29, 1.82) is 0 Å². The van der Waals surface area contributed by atoms with Gasteiger partial charge in [-0.1, -0.05) is 72.8 Å². The number of ether oxygens (including phenoxy) is 4. The molecule has 6 rings (SSSR count). The number of methoxy groups -OCH3 is 1. The monoisotopic (exact) mass is 836 g/mol. The van der Waals surface area contributed by atoms with Gasteiger partial charge in [0.2, 0.25) is 0 Å². The van der Waals surface area contributed by atoms with Crippen molar-refractivity contribution in [3.63, 3.8) is 0 Å². The van der Waals surface area contributed by atoms with Crippen LogP contribution in [-0.2, 0) is 27.4 Å². The van der Waals surface area contributed by atoms with Crippen molar-refractivity contribution in [3.8, 4) is 11.5 Å². The minimum atomic E-state index is -1.27. The molecule has 326 valence electrons. The van der Waals surface area contributed by atoms with E-state index in [2.05, 4.69) is 29.2 Å². The van der Waals surface area contributed by atoms with Gasteiger partial charge in [0, 0.05) is 77.9 Å². The zero-order valence-corrected chi connectivity index (χ0v) is 36.7. The van der Waals surface area contributed by atoms with Crippen molar-refractivity contribution in [2.24, 2.45) is 0 Å². The van der Waals surface area contributed by atoms with Crippen molar-refractivity contribution >= 4 is 23.6 Å². The smallest absolute Gasteiger partial charge is 0.410 e. The van der Waals surface area contributed by atoms with Crippen LogP contribution in [0, 0.1) is 5.82 Å². The Morgan fingerprint density at radius 2 is 1.59 bits per heavy atom. The second-order valence-corrected chi connectivity index (χ2v) is 17.3. The van der Waals surface area contributed by atoms with E-state index in [0.717, 1.165) is 23.1 Å². The van der Waals surface area contributed by atoms with E-state index in [4.69, 9.17) is 18.9 Å². The molecule has 1 fully saturated rings. The number of benzene rings is 4. The van der Waals surface area contributed by atoms with Crippen LogP contribution in [0.3, 0.4) is 0 Å². The topological polar surface area (TPSA) is 101 Å². The molecule has 0 aliphatic carbocycles. The first-order valence-electron chi connectivity index (χ1n) is 21.3. The molecule has 2 aliphatic rings. The summed E-state index contributed by atoms with van der Waals surface area (Å²) in [7, 11) is 1.65. The zero-order chi connectivity index (χ0) is 43.7. The summed E-state index contributed by atoms with van der Waals surface area (Å²) in [5.41, 5.74) is 1.37. The van der Waals surface area contributed by atoms with Gasteiger partial charge in [0.1, 0.15) is 22.9 Å². The second-order valence-electron chi connectivity index (χ2n) is 17.3. The third kappa shape index (κ3) is 11.5. The molecule has 0 bridgehead atoms. The summed E-state index contributed by atoms with van der Waals surface area (Å²) in [5, 5.41) is 0. The van der Waals surface area contributed by atoms with Crippen molar-refractivity contribution in [1.82, 2.24) is 14.7 Å². The first kappa shape index (κ1) is 45.1. The van der Waals surface area contributed by atoms with Crippen LogP contribution in [0.25, 0.3) is 0 Å². The molecule has 11 nitrogen and oxygen atoms in total. The fourth-order valence-electron chi connectivity index (χ4n) is 8.15. The quantitative estimate of drug-likeness (QED) is 0.103. The van der Waals surface area contributed by atoms with Crippen LogP contribution in [0.4, 0.5) is 14.9 Å². The van der Waals surface area contributed by atoms with E-state index in [-0.39, 0.29) is 42.8 Å². The number of halogens is 1. The largest absolute Gasteiger partial charge is 0.493 e. The SMILES string of the molecule is CCN(C(=O)c1cc2c(cc1F)OC(C)(C)C(=O)N2CCN(Cc1ccccc1)Cc1ccccc1)[C@H]1CN(C(=O)OC(C)(C)C)CC[C@@H]1c1cccc(OCCCOC)c1. The number of piperidine rings is 1. The summed E-state index contributed by atoms with van der Waals surface area (Å²) in [5.74, 6) is -0.938. The predicted molar refractivity (Wildman–Crippen MR) is 235 cm³/mol. The molecule has 12 heteroatoms. The van der Waals surface area contributed by atoms with Gasteiger partial charge < -0.3 is 33.6 Å². The molecular weight excluding hydrogens is 776 g/mol. The fraction of sp³-hybridized carbons (Fsp3) is 0.449. The lowest BCUT2D eigenvalue weighted by Crippen LogP contribution is -2.56. The number of amides is 3. The van der Waals surface area contributed by atoms with E-state index < -0.39 is 35.1 Å². The van der Waals surface area contributed by atoms with Gasteiger partial charge in [-0.15, -0.1) is 0 Å². The number of likely N-dealkylation sites (N-methyl/N-ethyl adjacent to an activating group) is 1. The molecule has 4 aromatic carbocycles. The Morgan fingerprint density at radius 3 is 2.21 bits per heavy atom. The van der Waals surface area contributed by atoms with Crippen LogP contribution in [0.15, 0.2) is 97.1 Å². The number of rotatable bonds is 16. The highest BCUT2D eigenvalue weighted by molar-refractivity contribution is 6.04. The fourth-order valence-corrected chi connectivity index (χ4v) is 8.15. The van der Waals surface area contributed by atoms with Crippen molar-refractivity contribution in [2.45, 2.75) is 90.6 Å². The lowest BCUT2D eigenvalue weighted by atomic mass is 9.84. The summed E-state index contributed by atoms with van der Waals surface area (Å²) in [6, 6.07) is 30.3. The van der Waals surface area contributed by atoms with E-state index in [0.29, 0.717) is 57.3 Å². The van der Waals surface area contributed by atoms with Gasteiger partial charge in [0.15, 0.2) is 5.60 Å². The van der Waals surface area contributed by atoms with Crippen LogP contribution in [0.1, 0.15) is 87.4 Å². The average molecular weight is 837 g/mol. The molecule has 0 unspecified atom stereocenters.